The quantitative estimate of drug-likeness (QED) is 0.576. The molecule has 0 unspecified atom stereocenters. The van der Waals surface area contributed by atoms with E-state index >= 15 is 0 Å². The third-order valence-corrected chi connectivity index (χ3v) is 2.43. The standard InChI is InChI=1S/C13H16ClN/c1-2-3-4-10-15-11-9-12-5-7-13(14)8-6-12/h1,5-8,15H,3-4,9-11H2. The second-order valence-electron chi connectivity index (χ2n) is 3.43. The second kappa shape index (κ2) is 7.34. The van der Waals surface area contributed by atoms with Crippen LogP contribution in [0.15, 0.2) is 24.3 Å². The van der Waals surface area contributed by atoms with Gasteiger partial charge in [0.25, 0.3) is 0 Å². The maximum Gasteiger partial charge on any atom is 0.0406 e. The van der Waals surface area contributed by atoms with Crippen molar-refractivity contribution in [3.63, 3.8) is 0 Å². The van der Waals surface area contributed by atoms with Crippen LogP contribution < -0.4 is 5.32 Å². The summed E-state index contributed by atoms with van der Waals surface area (Å²) >= 11 is 5.80. The van der Waals surface area contributed by atoms with Gasteiger partial charge in [-0.25, -0.2) is 0 Å². The van der Waals surface area contributed by atoms with Crippen LogP contribution in [-0.2, 0) is 6.42 Å². The van der Waals surface area contributed by atoms with Gasteiger partial charge in [0.05, 0.1) is 0 Å². The van der Waals surface area contributed by atoms with Crippen LogP contribution in [0.2, 0.25) is 5.02 Å². The minimum atomic E-state index is 0.792. The molecule has 0 aliphatic carbocycles. The number of hydrogen-bond acceptors (Lipinski definition) is 1. The van der Waals surface area contributed by atoms with Gasteiger partial charge in [-0.3, -0.25) is 0 Å². The van der Waals surface area contributed by atoms with E-state index in [9.17, 15) is 0 Å². The molecule has 80 valence electrons. The van der Waals surface area contributed by atoms with Gasteiger partial charge < -0.3 is 5.32 Å². The Morgan fingerprint density at radius 1 is 1.20 bits per heavy atom. The fourth-order valence-electron chi connectivity index (χ4n) is 1.32. The van der Waals surface area contributed by atoms with Gasteiger partial charge >= 0.3 is 0 Å². The predicted molar refractivity (Wildman–Crippen MR) is 66.1 cm³/mol. The molecule has 2 heteroatoms. The summed E-state index contributed by atoms with van der Waals surface area (Å²) in [7, 11) is 0. The monoisotopic (exact) mass is 221 g/mol. The SMILES string of the molecule is C#CCCCNCCc1ccc(Cl)cc1. The summed E-state index contributed by atoms with van der Waals surface area (Å²) in [5.74, 6) is 2.63. The molecule has 1 aromatic carbocycles. The van der Waals surface area contributed by atoms with E-state index in [0.717, 1.165) is 37.4 Å². The molecule has 15 heavy (non-hydrogen) atoms. The van der Waals surface area contributed by atoms with Crippen molar-refractivity contribution in [3.05, 3.63) is 34.9 Å². The fraction of sp³-hybridized carbons (Fsp3) is 0.385. The maximum absolute atomic E-state index is 5.80. The molecule has 0 amide bonds. The summed E-state index contributed by atoms with van der Waals surface area (Å²) in [5.41, 5.74) is 1.31. The number of rotatable bonds is 6. The highest BCUT2D eigenvalue weighted by atomic mass is 35.5. The molecule has 0 aliphatic rings. The van der Waals surface area contributed by atoms with Gasteiger partial charge in [0.15, 0.2) is 0 Å². The molecule has 0 radical (unpaired) electrons. The molecule has 1 aromatic rings. The molecule has 0 aliphatic heterocycles. The second-order valence-corrected chi connectivity index (χ2v) is 3.87. The molecule has 0 fully saturated rings. The molecule has 0 heterocycles. The highest BCUT2D eigenvalue weighted by Gasteiger charge is 1.93. The highest BCUT2D eigenvalue weighted by Crippen LogP contribution is 2.09. The van der Waals surface area contributed by atoms with E-state index < -0.39 is 0 Å². The Morgan fingerprint density at radius 2 is 1.93 bits per heavy atom. The first-order chi connectivity index (χ1) is 7.33. The Bertz CT molecular complexity index is 310. The number of hydrogen-bond donors (Lipinski definition) is 1. The minimum Gasteiger partial charge on any atom is -0.316 e. The van der Waals surface area contributed by atoms with E-state index in [1.165, 1.54) is 5.56 Å². The molecule has 0 aromatic heterocycles. The van der Waals surface area contributed by atoms with E-state index in [0.29, 0.717) is 0 Å². The minimum absolute atomic E-state index is 0.792. The Kier molecular flexibility index (Phi) is 5.92. The average molecular weight is 222 g/mol. The topological polar surface area (TPSA) is 12.0 Å². The van der Waals surface area contributed by atoms with Crippen LogP contribution in [0, 0.1) is 12.3 Å². The average Bonchev–Trinajstić information content (AvgIpc) is 2.26. The molecule has 0 atom stereocenters. The Labute approximate surface area is 96.8 Å². The molecule has 0 saturated heterocycles. The molecule has 1 nitrogen and oxygen atoms in total. The van der Waals surface area contributed by atoms with Crippen molar-refractivity contribution in [1.29, 1.82) is 0 Å². The Balaban J connectivity index is 2.10. The van der Waals surface area contributed by atoms with Gasteiger partial charge in [0, 0.05) is 11.4 Å². The molecule has 0 bridgehead atoms. The largest absolute Gasteiger partial charge is 0.316 e. The van der Waals surface area contributed by atoms with Crippen molar-refractivity contribution in [2.24, 2.45) is 0 Å². The predicted octanol–water partition coefficient (Wildman–Crippen LogP) is 2.89. The van der Waals surface area contributed by atoms with Gasteiger partial charge in [-0.2, -0.15) is 0 Å². The first-order valence-electron chi connectivity index (χ1n) is 5.21. The Hall–Kier alpha value is -0.970. The van der Waals surface area contributed by atoms with Gasteiger partial charge in [0.2, 0.25) is 0 Å². The van der Waals surface area contributed by atoms with E-state index in [-0.39, 0.29) is 0 Å². The number of benzene rings is 1. The van der Waals surface area contributed by atoms with Gasteiger partial charge in [-0.15, -0.1) is 12.3 Å². The number of halogens is 1. The van der Waals surface area contributed by atoms with Crippen LogP contribution in [0.5, 0.6) is 0 Å². The smallest absolute Gasteiger partial charge is 0.0406 e. The lowest BCUT2D eigenvalue weighted by Gasteiger charge is -2.03. The maximum atomic E-state index is 5.80. The third kappa shape index (κ3) is 5.47. The normalized spacial score (nSPS) is 9.87. The zero-order valence-corrected chi connectivity index (χ0v) is 9.56. The van der Waals surface area contributed by atoms with Crippen molar-refractivity contribution in [1.82, 2.24) is 5.32 Å². The van der Waals surface area contributed by atoms with Crippen LogP contribution in [0.25, 0.3) is 0 Å². The van der Waals surface area contributed by atoms with Crippen LogP contribution in [0.3, 0.4) is 0 Å². The van der Waals surface area contributed by atoms with Crippen LogP contribution >= 0.6 is 11.6 Å². The summed E-state index contributed by atoms with van der Waals surface area (Å²) in [6.45, 7) is 1.99. The van der Waals surface area contributed by atoms with E-state index in [2.05, 4.69) is 23.4 Å². The zero-order valence-electron chi connectivity index (χ0n) is 8.80. The number of terminal acetylenes is 1. The van der Waals surface area contributed by atoms with Gasteiger partial charge in [-0.05, 0) is 43.6 Å². The molecule has 0 spiro atoms. The van der Waals surface area contributed by atoms with Crippen molar-refractivity contribution in [3.8, 4) is 12.3 Å². The number of nitrogens with one attached hydrogen (secondary N) is 1. The van der Waals surface area contributed by atoms with E-state index in [1.54, 1.807) is 0 Å². The summed E-state index contributed by atoms with van der Waals surface area (Å²) in [4.78, 5) is 0. The molecular formula is C13H16ClN. The van der Waals surface area contributed by atoms with Crippen molar-refractivity contribution in [2.75, 3.05) is 13.1 Å². The molecular weight excluding hydrogens is 206 g/mol. The lowest BCUT2D eigenvalue weighted by atomic mass is 10.1. The third-order valence-electron chi connectivity index (χ3n) is 2.18. The first kappa shape index (κ1) is 12.1. The molecule has 1 N–H and O–H groups in total. The van der Waals surface area contributed by atoms with Crippen LogP contribution in [-0.4, -0.2) is 13.1 Å². The lowest BCUT2D eigenvalue weighted by molar-refractivity contribution is 0.656. The van der Waals surface area contributed by atoms with Crippen LogP contribution in [0.1, 0.15) is 18.4 Å². The lowest BCUT2D eigenvalue weighted by Crippen LogP contribution is -2.18. The van der Waals surface area contributed by atoms with Crippen molar-refractivity contribution < 1.29 is 0 Å². The molecule has 1 rings (SSSR count). The molecule has 0 saturated carbocycles. The zero-order chi connectivity index (χ0) is 10.9. The first-order valence-corrected chi connectivity index (χ1v) is 5.59. The van der Waals surface area contributed by atoms with Crippen molar-refractivity contribution >= 4 is 11.6 Å². The van der Waals surface area contributed by atoms with Gasteiger partial charge in [0.1, 0.15) is 0 Å². The highest BCUT2D eigenvalue weighted by molar-refractivity contribution is 6.30. The Morgan fingerprint density at radius 3 is 2.60 bits per heavy atom. The summed E-state index contributed by atoms with van der Waals surface area (Å²) in [6, 6.07) is 7.97. The summed E-state index contributed by atoms with van der Waals surface area (Å²) in [5, 5.41) is 4.15. The van der Waals surface area contributed by atoms with E-state index in [4.69, 9.17) is 18.0 Å². The van der Waals surface area contributed by atoms with Crippen molar-refractivity contribution in [2.45, 2.75) is 19.3 Å². The van der Waals surface area contributed by atoms with E-state index in [1.807, 2.05) is 12.1 Å². The number of unbranched alkanes of at least 4 members (excludes halogenated alkanes) is 1. The fourth-order valence-corrected chi connectivity index (χ4v) is 1.45. The summed E-state index contributed by atoms with van der Waals surface area (Å²) < 4.78 is 0. The van der Waals surface area contributed by atoms with Gasteiger partial charge in [-0.1, -0.05) is 23.7 Å². The van der Waals surface area contributed by atoms with Crippen LogP contribution in [0.4, 0.5) is 0 Å². The summed E-state index contributed by atoms with van der Waals surface area (Å²) in [6.07, 6.45) is 8.10.